The number of rotatable bonds is 4. The number of amides is 5. The van der Waals surface area contributed by atoms with E-state index in [1.54, 1.807) is 94.1 Å². The molecule has 352 valence electrons. The molecule has 5 rings (SSSR count). The summed E-state index contributed by atoms with van der Waals surface area (Å²) in [6.07, 6.45) is -0.0259. The predicted octanol–water partition coefficient (Wildman–Crippen LogP) is 3.52. The van der Waals surface area contributed by atoms with Crippen molar-refractivity contribution in [1.29, 1.82) is 0 Å². The quantitative estimate of drug-likeness (QED) is 0.330. The van der Waals surface area contributed by atoms with Gasteiger partial charge in [0.1, 0.15) is 28.1 Å². The van der Waals surface area contributed by atoms with Crippen LogP contribution in [0.15, 0.2) is 41.4 Å². The molecule has 5 amide bonds. The van der Waals surface area contributed by atoms with Gasteiger partial charge in [-0.1, -0.05) is 56.1 Å². The number of benzene rings is 2. The van der Waals surface area contributed by atoms with Crippen LogP contribution in [-0.4, -0.2) is 110 Å². The molecule has 0 radical (unpaired) electrons. The molecule has 15 nitrogen and oxygen atoms in total. The Bertz CT molecular complexity index is 1970. The van der Waals surface area contributed by atoms with Crippen LogP contribution in [0.5, 0.6) is 0 Å². The second-order valence-electron chi connectivity index (χ2n) is 19.3. The van der Waals surface area contributed by atoms with E-state index >= 15 is 0 Å². The standard InChI is InChI=1S/C18H23ClFN3O4.C18H21ClFN3O3.C4H10O.C4H9O.K/c1-17(2,3)27-16(26)23-9-7-18(8-10-23,15(21)25)22-14(24)11-5-4-6-12(19)13(11)20;1-17(2,3)26-16(25)23-9-7-18(8-10-23)15(24)21-14(22-18)11-5-4-6-12(19)13(11)20;2*1-4(2,3)5;/h4-6H,7-10H2,1-3H3,(H2,21,25)(H,22,24);4-6H,7-10H2,1-3H3,(H,21,22,24);5H,1-3H3;1-3H3;/q;;;-1;+1. The Kier molecular flexibility index (Phi) is 21.9. The first-order valence-corrected chi connectivity index (χ1v) is 21.1. The number of carbonyl (C=O) groups excluding carboxylic acids is 5. The Labute approximate surface area is 428 Å². The number of nitrogens with two attached hydrogens (primary N) is 1. The molecule has 2 fully saturated rings. The van der Waals surface area contributed by atoms with E-state index in [-0.39, 0.29) is 110 Å². The molecule has 3 heterocycles. The van der Waals surface area contributed by atoms with E-state index < -0.39 is 69.1 Å². The average Bonchev–Trinajstić information content (AvgIpc) is 3.42. The molecule has 64 heavy (non-hydrogen) atoms. The van der Waals surface area contributed by atoms with Crippen LogP contribution in [0.4, 0.5) is 18.4 Å². The molecule has 2 saturated heterocycles. The third-order valence-electron chi connectivity index (χ3n) is 8.72. The molecule has 20 heteroatoms. The van der Waals surface area contributed by atoms with E-state index in [1.807, 2.05) is 0 Å². The first-order valence-electron chi connectivity index (χ1n) is 20.4. The van der Waals surface area contributed by atoms with Gasteiger partial charge in [0, 0.05) is 26.2 Å². The van der Waals surface area contributed by atoms with Crippen molar-refractivity contribution in [3.05, 3.63) is 69.2 Å². The Morgan fingerprint density at radius 3 is 1.58 bits per heavy atom. The zero-order valence-electron chi connectivity index (χ0n) is 39.3. The van der Waals surface area contributed by atoms with Crippen LogP contribution < -0.4 is 72.9 Å². The second-order valence-corrected chi connectivity index (χ2v) is 20.1. The van der Waals surface area contributed by atoms with E-state index in [1.165, 1.54) is 35.2 Å². The number of nitrogens with zero attached hydrogens (tertiary/aromatic N) is 3. The maximum atomic E-state index is 14.2. The molecule has 0 saturated carbocycles. The van der Waals surface area contributed by atoms with E-state index in [2.05, 4.69) is 15.6 Å². The van der Waals surface area contributed by atoms with Crippen LogP contribution in [-0.2, 0) is 19.1 Å². The first kappa shape index (κ1) is 59.1. The molecule has 0 aliphatic carbocycles. The van der Waals surface area contributed by atoms with Gasteiger partial charge < -0.3 is 45.9 Å². The van der Waals surface area contributed by atoms with Crippen LogP contribution >= 0.6 is 23.2 Å². The first-order chi connectivity index (χ1) is 28.6. The minimum Gasteiger partial charge on any atom is -0.850 e. The van der Waals surface area contributed by atoms with Gasteiger partial charge in [0.15, 0.2) is 11.6 Å². The van der Waals surface area contributed by atoms with E-state index in [4.69, 9.17) is 43.5 Å². The van der Waals surface area contributed by atoms with Crippen LogP contribution in [0.25, 0.3) is 0 Å². The van der Waals surface area contributed by atoms with E-state index in [9.17, 15) is 37.9 Å². The molecule has 0 unspecified atom stereocenters. The number of hydrogen-bond donors (Lipinski definition) is 4. The molecule has 2 aromatic carbocycles. The van der Waals surface area contributed by atoms with Gasteiger partial charge in [-0.05, 0) is 112 Å². The summed E-state index contributed by atoms with van der Waals surface area (Å²) in [6.45, 7) is 21.8. The number of likely N-dealkylation sites (tertiary alicyclic amines) is 2. The largest absolute Gasteiger partial charge is 1.00 e. The SMILES string of the molecule is CC(C)(C)O.CC(C)(C)OC(=O)N1CCC(NC(=O)c2cccc(Cl)c2F)(C(N)=O)CC1.CC(C)(C)OC(=O)N1CCC2(CC1)N=C(c1cccc(Cl)c1F)NC2=O.CC(C)(C)[O-].[K+]. The van der Waals surface area contributed by atoms with Crippen molar-refractivity contribution in [2.45, 2.75) is 142 Å². The van der Waals surface area contributed by atoms with Crippen LogP contribution in [0, 0.1) is 11.6 Å². The van der Waals surface area contributed by atoms with Crippen molar-refractivity contribution in [2.24, 2.45) is 10.7 Å². The van der Waals surface area contributed by atoms with Crippen LogP contribution in [0.3, 0.4) is 0 Å². The summed E-state index contributed by atoms with van der Waals surface area (Å²) in [4.78, 5) is 68.9. The van der Waals surface area contributed by atoms with Crippen molar-refractivity contribution in [3.63, 3.8) is 0 Å². The fourth-order valence-corrected chi connectivity index (χ4v) is 6.20. The van der Waals surface area contributed by atoms with Gasteiger partial charge in [0.25, 0.3) is 11.8 Å². The number of aliphatic imine (C=N–C) groups is 1. The third-order valence-corrected chi connectivity index (χ3v) is 9.30. The van der Waals surface area contributed by atoms with Gasteiger partial charge >= 0.3 is 63.6 Å². The Hall–Kier alpha value is -2.94. The van der Waals surface area contributed by atoms with Gasteiger partial charge in [0.2, 0.25) is 5.91 Å². The molecule has 3 aliphatic heterocycles. The minimum atomic E-state index is -1.38. The summed E-state index contributed by atoms with van der Waals surface area (Å²) in [7, 11) is 0. The molecule has 3 aliphatic rings. The molecule has 1 spiro atoms. The minimum absolute atomic E-state index is 0. The predicted molar refractivity (Wildman–Crippen MR) is 235 cm³/mol. The molecular weight excluding hydrogens is 905 g/mol. The number of carbonyl (C=O) groups is 5. The summed E-state index contributed by atoms with van der Waals surface area (Å²) < 4.78 is 39.0. The van der Waals surface area contributed by atoms with Crippen molar-refractivity contribution < 1.29 is 104 Å². The maximum absolute atomic E-state index is 14.2. The summed E-state index contributed by atoms with van der Waals surface area (Å²) in [5.41, 5.74) is 0.556. The summed E-state index contributed by atoms with van der Waals surface area (Å²) in [6, 6.07) is 8.58. The van der Waals surface area contributed by atoms with Crippen LogP contribution in [0.2, 0.25) is 10.0 Å². The number of ether oxygens (including phenoxy) is 2. The number of primary amides is 1. The fourth-order valence-electron chi connectivity index (χ4n) is 5.85. The second kappa shape index (κ2) is 23.7. The molecule has 0 atom stereocenters. The topological polar surface area (TPSA) is 216 Å². The van der Waals surface area contributed by atoms with E-state index in [0.717, 1.165) is 0 Å². The molecule has 2 aromatic rings. The zero-order chi connectivity index (χ0) is 48.5. The Morgan fingerprint density at radius 2 is 1.17 bits per heavy atom. The van der Waals surface area contributed by atoms with Crippen molar-refractivity contribution >= 4 is 58.9 Å². The van der Waals surface area contributed by atoms with Gasteiger partial charge in [0.05, 0.1) is 26.8 Å². The monoisotopic (exact) mass is 966 g/mol. The molecule has 0 aromatic heterocycles. The Morgan fingerprint density at radius 1 is 0.781 bits per heavy atom. The number of aliphatic hydroxyl groups is 1. The summed E-state index contributed by atoms with van der Waals surface area (Å²) in [5, 5.41) is 23.6. The van der Waals surface area contributed by atoms with Gasteiger partial charge in [-0.2, -0.15) is 0 Å². The summed E-state index contributed by atoms with van der Waals surface area (Å²) >= 11 is 11.5. The van der Waals surface area contributed by atoms with E-state index in [0.29, 0.717) is 25.9 Å². The van der Waals surface area contributed by atoms with Gasteiger partial charge in [-0.3, -0.25) is 19.4 Å². The normalized spacial score (nSPS) is 16.7. The van der Waals surface area contributed by atoms with Crippen molar-refractivity contribution in [3.8, 4) is 0 Å². The van der Waals surface area contributed by atoms with Crippen molar-refractivity contribution in [2.75, 3.05) is 26.2 Å². The Balaban J connectivity index is 0.000000521. The smallest absolute Gasteiger partial charge is 0.850 e. The molecule has 5 N–H and O–H groups in total. The fraction of sp³-hybridized carbons (Fsp3) is 0.591. The van der Waals surface area contributed by atoms with Crippen LogP contribution in [0.1, 0.15) is 125 Å². The number of amidine groups is 1. The maximum Gasteiger partial charge on any atom is 1.00 e. The third kappa shape index (κ3) is 19.5. The molecular formula is C44H63Cl2F2KN6O9. The van der Waals surface area contributed by atoms with Crippen molar-refractivity contribution in [1.82, 2.24) is 20.4 Å². The molecule has 0 bridgehead atoms. The number of halogens is 4. The summed E-state index contributed by atoms with van der Waals surface area (Å²) in [5.74, 6) is -3.13. The average molecular weight is 968 g/mol. The number of nitrogens with one attached hydrogen (secondary N) is 2. The van der Waals surface area contributed by atoms with Gasteiger partial charge in [-0.15, -0.1) is 5.60 Å². The number of hydrogen-bond acceptors (Lipinski definition) is 10. The number of piperidine rings is 2. The van der Waals surface area contributed by atoms with Gasteiger partial charge in [-0.25, -0.2) is 18.4 Å². The zero-order valence-corrected chi connectivity index (χ0v) is 43.9.